The van der Waals surface area contributed by atoms with Gasteiger partial charge in [-0.25, -0.2) is 8.78 Å². The minimum Gasteiger partial charge on any atom is -0.481 e. The minimum atomic E-state index is -1.41. The standard InChI is InChI=1S/C25H25F2N3O6/c26-17-8-6-15(7-9-17)19(14-21(31)32)28-22(33)23-29(24(34)16-3-1-4-18(27)13-16)10-11-30(23)25(35)20-5-2-12-36-20/h1,3-4,6-9,13,19-20,23H,2,5,10-12,14H2,(H,28,33)(H,31,32). The molecule has 0 saturated carbocycles. The number of carboxylic acid groups (broad SMARTS) is 1. The maximum Gasteiger partial charge on any atom is 0.305 e. The Balaban J connectivity index is 1.64. The van der Waals surface area contributed by atoms with Gasteiger partial charge in [-0.15, -0.1) is 0 Å². The van der Waals surface area contributed by atoms with Crippen LogP contribution >= 0.6 is 0 Å². The maximum atomic E-state index is 13.8. The summed E-state index contributed by atoms with van der Waals surface area (Å²) in [6, 6.07) is 8.90. The lowest BCUT2D eigenvalue weighted by molar-refractivity contribution is -0.148. The van der Waals surface area contributed by atoms with E-state index in [2.05, 4.69) is 5.32 Å². The van der Waals surface area contributed by atoms with Gasteiger partial charge in [0.15, 0.2) is 6.17 Å². The Morgan fingerprint density at radius 2 is 1.75 bits per heavy atom. The molecule has 2 heterocycles. The van der Waals surface area contributed by atoms with Crippen LogP contribution in [0.5, 0.6) is 0 Å². The highest BCUT2D eigenvalue weighted by Crippen LogP contribution is 2.25. The van der Waals surface area contributed by atoms with E-state index >= 15 is 0 Å². The number of rotatable bonds is 7. The Labute approximate surface area is 205 Å². The van der Waals surface area contributed by atoms with Gasteiger partial charge in [0.1, 0.15) is 17.7 Å². The van der Waals surface area contributed by atoms with E-state index in [1.165, 1.54) is 35.2 Å². The molecule has 4 rings (SSSR count). The van der Waals surface area contributed by atoms with Crippen molar-refractivity contribution in [3.63, 3.8) is 0 Å². The predicted octanol–water partition coefficient (Wildman–Crippen LogP) is 2.09. The van der Waals surface area contributed by atoms with E-state index in [9.17, 15) is 33.1 Å². The number of nitrogens with zero attached hydrogens (tertiary/aromatic N) is 2. The van der Waals surface area contributed by atoms with Gasteiger partial charge in [0.05, 0.1) is 12.5 Å². The van der Waals surface area contributed by atoms with Crippen LogP contribution in [0.1, 0.15) is 41.2 Å². The molecule has 2 N–H and O–H groups in total. The zero-order valence-electron chi connectivity index (χ0n) is 19.2. The third-order valence-corrected chi connectivity index (χ3v) is 6.19. The Morgan fingerprint density at radius 3 is 2.39 bits per heavy atom. The second-order valence-corrected chi connectivity index (χ2v) is 8.63. The fourth-order valence-corrected chi connectivity index (χ4v) is 4.47. The summed E-state index contributed by atoms with van der Waals surface area (Å²) in [5, 5.41) is 12.0. The summed E-state index contributed by atoms with van der Waals surface area (Å²) in [5.74, 6) is -4.29. The lowest BCUT2D eigenvalue weighted by atomic mass is 10.0. The molecule has 2 aliphatic heterocycles. The number of carboxylic acids is 1. The van der Waals surface area contributed by atoms with Crippen LogP contribution < -0.4 is 5.32 Å². The third-order valence-electron chi connectivity index (χ3n) is 6.19. The average Bonchev–Trinajstić information content (AvgIpc) is 3.53. The van der Waals surface area contributed by atoms with Gasteiger partial charge in [-0.2, -0.15) is 0 Å². The molecule has 0 aliphatic carbocycles. The molecule has 3 atom stereocenters. The molecular formula is C25H25F2N3O6. The summed E-state index contributed by atoms with van der Waals surface area (Å²) in [6.07, 6.45) is -1.52. The fourth-order valence-electron chi connectivity index (χ4n) is 4.47. The Bertz CT molecular complexity index is 1150. The first-order chi connectivity index (χ1) is 17.2. The van der Waals surface area contributed by atoms with Crippen LogP contribution in [0.3, 0.4) is 0 Å². The zero-order chi connectivity index (χ0) is 25.8. The number of hydrogen-bond donors (Lipinski definition) is 2. The monoisotopic (exact) mass is 501 g/mol. The minimum absolute atomic E-state index is 0.000152. The molecule has 9 nitrogen and oxygen atoms in total. The Kier molecular flexibility index (Phi) is 7.58. The predicted molar refractivity (Wildman–Crippen MR) is 121 cm³/mol. The van der Waals surface area contributed by atoms with Crippen molar-refractivity contribution >= 4 is 23.7 Å². The fraction of sp³-hybridized carbons (Fsp3) is 0.360. The molecule has 2 aromatic rings. The normalized spacial score (nSPS) is 20.3. The summed E-state index contributed by atoms with van der Waals surface area (Å²) < 4.78 is 32.7. The number of aliphatic carboxylic acids is 1. The van der Waals surface area contributed by atoms with Gasteiger partial charge in [0.2, 0.25) is 0 Å². The van der Waals surface area contributed by atoms with Gasteiger partial charge in [0, 0.05) is 25.3 Å². The summed E-state index contributed by atoms with van der Waals surface area (Å²) in [4.78, 5) is 53.8. The topological polar surface area (TPSA) is 116 Å². The average molecular weight is 501 g/mol. The number of nitrogens with one attached hydrogen (secondary N) is 1. The zero-order valence-corrected chi connectivity index (χ0v) is 19.2. The van der Waals surface area contributed by atoms with Crippen molar-refractivity contribution in [2.45, 2.75) is 37.6 Å². The molecule has 0 radical (unpaired) electrons. The van der Waals surface area contributed by atoms with E-state index in [1.54, 1.807) is 0 Å². The molecule has 2 saturated heterocycles. The maximum absolute atomic E-state index is 13.8. The van der Waals surface area contributed by atoms with E-state index < -0.39 is 60.1 Å². The van der Waals surface area contributed by atoms with Crippen LogP contribution in [0.4, 0.5) is 8.78 Å². The van der Waals surface area contributed by atoms with Crippen LogP contribution in [0.15, 0.2) is 48.5 Å². The number of ether oxygens (including phenoxy) is 1. The van der Waals surface area contributed by atoms with Crippen LogP contribution in [-0.2, 0) is 19.1 Å². The van der Waals surface area contributed by atoms with E-state index in [1.807, 2.05) is 0 Å². The van der Waals surface area contributed by atoms with Crippen molar-refractivity contribution in [1.29, 1.82) is 0 Å². The van der Waals surface area contributed by atoms with Crippen molar-refractivity contribution in [3.8, 4) is 0 Å². The highest BCUT2D eigenvalue weighted by Gasteiger charge is 2.45. The molecule has 2 aliphatic rings. The van der Waals surface area contributed by atoms with Crippen LogP contribution in [0.25, 0.3) is 0 Å². The van der Waals surface area contributed by atoms with E-state index in [-0.39, 0.29) is 18.7 Å². The van der Waals surface area contributed by atoms with Crippen LogP contribution in [-0.4, -0.2) is 70.6 Å². The molecule has 3 amide bonds. The summed E-state index contributed by atoms with van der Waals surface area (Å²) in [7, 11) is 0. The molecule has 2 aromatic carbocycles. The van der Waals surface area contributed by atoms with E-state index in [0.717, 1.165) is 23.1 Å². The Hall–Kier alpha value is -3.86. The van der Waals surface area contributed by atoms with Crippen molar-refractivity contribution in [2.75, 3.05) is 19.7 Å². The number of amides is 3. The van der Waals surface area contributed by atoms with Gasteiger partial charge in [-0.3, -0.25) is 19.2 Å². The highest BCUT2D eigenvalue weighted by molar-refractivity contribution is 5.99. The Morgan fingerprint density at radius 1 is 1.03 bits per heavy atom. The smallest absolute Gasteiger partial charge is 0.305 e. The van der Waals surface area contributed by atoms with Crippen LogP contribution in [0, 0.1) is 11.6 Å². The molecule has 11 heteroatoms. The number of carbonyl (C=O) groups is 4. The highest BCUT2D eigenvalue weighted by atomic mass is 19.1. The second kappa shape index (κ2) is 10.8. The van der Waals surface area contributed by atoms with E-state index in [4.69, 9.17) is 4.74 Å². The van der Waals surface area contributed by atoms with Crippen molar-refractivity contribution in [2.24, 2.45) is 0 Å². The summed E-state index contributed by atoms with van der Waals surface area (Å²) in [6.45, 7) is 0.447. The number of carbonyl (C=O) groups excluding carboxylic acids is 3. The quantitative estimate of drug-likeness (QED) is 0.600. The molecule has 0 aromatic heterocycles. The lowest BCUT2D eigenvalue weighted by Crippen LogP contribution is -2.56. The molecule has 3 unspecified atom stereocenters. The molecule has 190 valence electrons. The largest absolute Gasteiger partial charge is 0.481 e. The van der Waals surface area contributed by atoms with Gasteiger partial charge in [-0.1, -0.05) is 18.2 Å². The first-order valence-corrected chi connectivity index (χ1v) is 11.5. The van der Waals surface area contributed by atoms with Gasteiger partial charge in [-0.05, 0) is 48.7 Å². The molecular weight excluding hydrogens is 476 g/mol. The second-order valence-electron chi connectivity index (χ2n) is 8.63. The third kappa shape index (κ3) is 5.51. The molecule has 36 heavy (non-hydrogen) atoms. The molecule has 2 fully saturated rings. The number of halogens is 2. The molecule has 0 spiro atoms. The number of benzene rings is 2. The van der Waals surface area contributed by atoms with E-state index in [0.29, 0.717) is 25.0 Å². The SMILES string of the molecule is O=C(O)CC(NC(=O)C1N(C(=O)c2cccc(F)c2)CCN1C(=O)C1CCCO1)c1ccc(F)cc1. The first-order valence-electron chi connectivity index (χ1n) is 11.5. The van der Waals surface area contributed by atoms with Crippen LogP contribution in [0.2, 0.25) is 0 Å². The lowest BCUT2D eigenvalue weighted by Gasteiger charge is -2.31. The van der Waals surface area contributed by atoms with Crippen molar-refractivity contribution < 1.29 is 37.8 Å². The number of hydrogen-bond acceptors (Lipinski definition) is 5. The van der Waals surface area contributed by atoms with Crippen molar-refractivity contribution in [1.82, 2.24) is 15.1 Å². The van der Waals surface area contributed by atoms with Gasteiger partial charge < -0.3 is 25.0 Å². The van der Waals surface area contributed by atoms with Crippen molar-refractivity contribution in [3.05, 3.63) is 71.3 Å². The van der Waals surface area contributed by atoms with Gasteiger partial charge >= 0.3 is 5.97 Å². The summed E-state index contributed by atoms with van der Waals surface area (Å²) >= 11 is 0. The molecule has 0 bridgehead atoms. The summed E-state index contributed by atoms with van der Waals surface area (Å²) in [5.41, 5.74) is 0.338. The van der Waals surface area contributed by atoms with Gasteiger partial charge in [0.25, 0.3) is 17.7 Å². The first kappa shape index (κ1) is 25.2.